The number of nitrogens with zero attached hydrogens (tertiary/aromatic N) is 4. The minimum Gasteiger partial charge on any atom is -0.459 e. The number of furan rings is 1. The molecule has 1 aliphatic rings. The second kappa shape index (κ2) is 7.48. The standard InChI is InChI=1S/C16H21N5O2S/c1-12-14(24-11-19-12)10-18-16(17-2)21-7-5-20(6-8-21)15(22)13-4-3-9-23-13/h3-4,9,11H,5-8,10H2,1-2H3,(H,17,18). The molecular weight excluding hydrogens is 326 g/mol. The van der Waals surface area contributed by atoms with Crippen LogP contribution in [0.15, 0.2) is 33.3 Å². The first-order chi connectivity index (χ1) is 11.7. The topological polar surface area (TPSA) is 74.0 Å². The molecule has 3 heterocycles. The number of aromatic nitrogens is 1. The van der Waals surface area contributed by atoms with Gasteiger partial charge in [-0.25, -0.2) is 4.98 Å². The highest BCUT2D eigenvalue weighted by atomic mass is 32.1. The summed E-state index contributed by atoms with van der Waals surface area (Å²) < 4.78 is 5.19. The number of rotatable bonds is 3. The van der Waals surface area contributed by atoms with Gasteiger partial charge in [-0.1, -0.05) is 0 Å². The first kappa shape index (κ1) is 16.5. The summed E-state index contributed by atoms with van der Waals surface area (Å²) in [5.74, 6) is 1.20. The van der Waals surface area contributed by atoms with Crippen LogP contribution in [0.2, 0.25) is 0 Å². The van der Waals surface area contributed by atoms with E-state index in [2.05, 4.69) is 20.2 Å². The Morgan fingerprint density at radius 3 is 2.71 bits per heavy atom. The number of amides is 1. The molecule has 8 heteroatoms. The Labute approximate surface area is 145 Å². The van der Waals surface area contributed by atoms with Gasteiger partial charge in [0.05, 0.1) is 24.0 Å². The van der Waals surface area contributed by atoms with Crippen molar-refractivity contribution >= 4 is 23.2 Å². The average molecular weight is 347 g/mol. The highest BCUT2D eigenvalue weighted by Crippen LogP contribution is 2.12. The maximum Gasteiger partial charge on any atom is 0.289 e. The molecule has 2 aromatic heterocycles. The molecule has 3 rings (SSSR count). The molecule has 0 bridgehead atoms. The fraction of sp³-hybridized carbons (Fsp3) is 0.438. The second-order valence-corrected chi connectivity index (χ2v) is 6.46. The summed E-state index contributed by atoms with van der Waals surface area (Å²) in [6.45, 7) is 5.52. The second-order valence-electron chi connectivity index (χ2n) is 5.52. The molecule has 0 aromatic carbocycles. The smallest absolute Gasteiger partial charge is 0.289 e. The summed E-state index contributed by atoms with van der Waals surface area (Å²) in [6.07, 6.45) is 1.52. The van der Waals surface area contributed by atoms with Gasteiger partial charge in [-0.2, -0.15) is 0 Å². The quantitative estimate of drug-likeness (QED) is 0.674. The van der Waals surface area contributed by atoms with Crippen molar-refractivity contribution in [2.24, 2.45) is 4.99 Å². The predicted molar refractivity (Wildman–Crippen MR) is 93.2 cm³/mol. The maximum atomic E-state index is 12.3. The molecule has 0 atom stereocenters. The van der Waals surface area contributed by atoms with Gasteiger partial charge in [-0.05, 0) is 19.1 Å². The van der Waals surface area contributed by atoms with Crippen LogP contribution in [0.25, 0.3) is 0 Å². The lowest BCUT2D eigenvalue weighted by Gasteiger charge is -2.36. The number of carbonyl (C=O) groups is 1. The van der Waals surface area contributed by atoms with Gasteiger partial charge in [0.2, 0.25) is 0 Å². The van der Waals surface area contributed by atoms with Crippen LogP contribution in [-0.4, -0.2) is 59.9 Å². The van der Waals surface area contributed by atoms with Gasteiger partial charge >= 0.3 is 0 Å². The molecule has 7 nitrogen and oxygen atoms in total. The molecule has 1 amide bonds. The fourth-order valence-electron chi connectivity index (χ4n) is 2.66. The lowest BCUT2D eigenvalue weighted by atomic mass is 10.3. The number of carbonyl (C=O) groups excluding carboxylic acids is 1. The molecule has 1 saturated heterocycles. The van der Waals surface area contributed by atoms with Crippen LogP contribution in [0.1, 0.15) is 21.1 Å². The van der Waals surface area contributed by atoms with Gasteiger partial charge in [0.15, 0.2) is 11.7 Å². The summed E-state index contributed by atoms with van der Waals surface area (Å²) in [6, 6.07) is 3.43. The Balaban J connectivity index is 1.53. The van der Waals surface area contributed by atoms with Crippen LogP contribution in [0.3, 0.4) is 0 Å². The highest BCUT2D eigenvalue weighted by molar-refractivity contribution is 7.09. The van der Waals surface area contributed by atoms with Crippen LogP contribution in [0, 0.1) is 6.92 Å². The van der Waals surface area contributed by atoms with E-state index in [1.165, 1.54) is 11.1 Å². The number of hydrogen-bond acceptors (Lipinski definition) is 5. The van der Waals surface area contributed by atoms with Gasteiger partial charge in [0.25, 0.3) is 5.91 Å². The summed E-state index contributed by atoms with van der Waals surface area (Å²) >= 11 is 1.64. The van der Waals surface area contributed by atoms with E-state index in [9.17, 15) is 4.79 Å². The Hall–Kier alpha value is -2.35. The third kappa shape index (κ3) is 3.59. The van der Waals surface area contributed by atoms with Gasteiger partial charge in [0, 0.05) is 38.1 Å². The zero-order valence-electron chi connectivity index (χ0n) is 13.9. The van der Waals surface area contributed by atoms with E-state index in [-0.39, 0.29) is 5.91 Å². The first-order valence-electron chi connectivity index (χ1n) is 7.86. The number of hydrogen-bond donors (Lipinski definition) is 1. The molecule has 0 aliphatic carbocycles. The van der Waals surface area contributed by atoms with E-state index in [0.717, 1.165) is 24.7 Å². The van der Waals surface area contributed by atoms with Crippen LogP contribution in [0.5, 0.6) is 0 Å². The minimum absolute atomic E-state index is 0.0529. The number of aryl methyl sites for hydroxylation is 1. The van der Waals surface area contributed by atoms with Crippen LogP contribution < -0.4 is 5.32 Å². The van der Waals surface area contributed by atoms with E-state index in [4.69, 9.17) is 4.42 Å². The van der Waals surface area contributed by atoms with Crippen molar-refractivity contribution < 1.29 is 9.21 Å². The van der Waals surface area contributed by atoms with Gasteiger partial charge in [-0.15, -0.1) is 11.3 Å². The van der Waals surface area contributed by atoms with Gasteiger partial charge < -0.3 is 19.5 Å². The maximum absolute atomic E-state index is 12.3. The number of aliphatic imine (C=N–C) groups is 1. The van der Waals surface area contributed by atoms with Crippen molar-refractivity contribution in [1.29, 1.82) is 0 Å². The summed E-state index contributed by atoms with van der Waals surface area (Å²) in [5, 5.41) is 3.38. The van der Waals surface area contributed by atoms with Crippen molar-refractivity contribution in [2.75, 3.05) is 33.2 Å². The molecule has 0 spiro atoms. The molecule has 0 unspecified atom stereocenters. The zero-order valence-corrected chi connectivity index (χ0v) is 14.7. The summed E-state index contributed by atoms with van der Waals surface area (Å²) in [4.78, 5) is 26.1. The van der Waals surface area contributed by atoms with E-state index < -0.39 is 0 Å². The molecule has 24 heavy (non-hydrogen) atoms. The van der Waals surface area contributed by atoms with Crippen LogP contribution in [-0.2, 0) is 6.54 Å². The molecule has 1 aliphatic heterocycles. The average Bonchev–Trinajstić information content (AvgIpc) is 3.27. The third-order valence-electron chi connectivity index (χ3n) is 4.06. The lowest BCUT2D eigenvalue weighted by Crippen LogP contribution is -2.53. The number of nitrogens with one attached hydrogen (secondary N) is 1. The van der Waals surface area contributed by atoms with Crippen LogP contribution >= 0.6 is 11.3 Å². The first-order valence-corrected chi connectivity index (χ1v) is 8.74. The van der Waals surface area contributed by atoms with E-state index in [1.54, 1.807) is 30.5 Å². The largest absolute Gasteiger partial charge is 0.459 e. The third-order valence-corrected chi connectivity index (χ3v) is 5.00. The molecule has 128 valence electrons. The van der Waals surface area contributed by atoms with Gasteiger partial charge in [-0.3, -0.25) is 9.79 Å². The number of piperazine rings is 1. The molecule has 1 fully saturated rings. The van der Waals surface area contributed by atoms with Crippen LogP contribution in [0.4, 0.5) is 0 Å². The Kier molecular flexibility index (Phi) is 5.14. The molecule has 1 N–H and O–H groups in total. The minimum atomic E-state index is -0.0529. The Bertz CT molecular complexity index is 702. The summed E-state index contributed by atoms with van der Waals surface area (Å²) in [5.41, 5.74) is 2.91. The number of thiazole rings is 1. The van der Waals surface area contributed by atoms with Crippen molar-refractivity contribution in [2.45, 2.75) is 13.5 Å². The van der Waals surface area contributed by atoms with E-state index in [0.29, 0.717) is 25.4 Å². The Morgan fingerprint density at radius 2 is 2.12 bits per heavy atom. The molecular formula is C16H21N5O2S. The van der Waals surface area contributed by atoms with Crippen molar-refractivity contribution in [3.63, 3.8) is 0 Å². The molecule has 2 aromatic rings. The fourth-order valence-corrected chi connectivity index (χ4v) is 3.38. The Morgan fingerprint density at radius 1 is 1.38 bits per heavy atom. The summed E-state index contributed by atoms with van der Waals surface area (Å²) in [7, 11) is 1.78. The normalized spacial score (nSPS) is 15.7. The van der Waals surface area contributed by atoms with Gasteiger partial charge in [0.1, 0.15) is 0 Å². The van der Waals surface area contributed by atoms with E-state index in [1.807, 2.05) is 17.3 Å². The lowest BCUT2D eigenvalue weighted by molar-refractivity contribution is 0.0657. The molecule has 0 radical (unpaired) electrons. The highest BCUT2D eigenvalue weighted by Gasteiger charge is 2.25. The van der Waals surface area contributed by atoms with E-state index >= 15 is 0 Å². The molecule has 0 saturated carbocycles. The monoisotopic (exact) mass is 347 g/mol. The SMILES string of the molecule is CN=C(NCc1scnc1C)N1CCN(C(=O)c2ccco2)CC1. The van der Waals surface area contributed by atoms with Crippen molar-refractivity contribution in [3.8, 4) is 0 Å². The van der Waals surface area contributed by atoms with Crippen molar-refractivity contribution in [1.82, 2.24) is 20.1 Å². The van der Waals surface area contributed by atoms with Crippen molar-refractivity contribution in [3.05, 3.63) is 40.2 Å². The predicted octanol–water partition coefficient (Wildman–Crippen LogP) is 1.58. The zero-order chi connectivity index (χ0) is 16.9. The number of guanidine groups is 1.